The lowest BCUT2D eigenvalue weighted by Crippen LogP contribution is -2.47. The maximum Gasteiger partial charge on any atom is 0.225 e. The van der Waals surface area contributed by atoms with Gasteiger partial charge in [0.05, 0.1) is 0 Å². The number of rotatable bonds is 1. The van der Waals surface area contributed by atoms with Crippen LogP contribution in [-0.2, 0) is 4.79 Å². The van der Waals surface area contributed by atoms with Crippen molar-refractivity contribution >= 4 is 18.3 Å². The van der Waals surface area contributed by atoms with Crippen molar-refractivity contribution in [1.82, 2.24) is 4.90 Å². The third-order valence-corrected chi connectivity index (χ3v) is 4.28. The zero-order chi connectivity index (χ0) is 12.5. The summed E-state index contributed by atoms with van der Waals surface area (Å²) in [5.41, 5.74) is 6.27. The molecule has 1 saturated carbocycles. The van der Waals surface area contributed by atoms with E-state index in [1.54, 1.807) is 0 Å². The molecule has 0 bridgehead atoms. The first-order valence-corrected chi connectivity index (χ1v) is 7.02. The van der Waals surface area contributed by atoms with Gasteiger partial charge in [-0.3, -0.25) is 4.79 Å². The fourth-order valence-electron chi connectivity index (χ4n) is 3.32. The summed E-state index contributed by atoms with van der Waals surface area (Å²) < 4.78 is 0. The Hall–Kier alpha value is -0.280. The highest BCUT2D eigenvalue weighted by atomic mass is 35.5. The minimum Gasteiger partial charge on any atom is -0.342 e. The van der Waals surface area contributed by atoms with E-state index in [9.17, 15) is 4.79 Å². The van der Waals surface area contributed by atoms with Crippen molar-refractivity contribution in [2.75, 3.05) is 13.1 Å². The molecule has 1 amide bonds. The Kier molecular flexibility index (Phi) is 5.47. The largest absolute Gasteiger partial charge is 0.342 e. The third kappa shape index (κ3) is 3.86. The maximum absolute atomic E-state index is 12.5. The van der Waals surface area contributed by atoms with E-state index in [0.717, 1.165) is 45.2 Å². The van der Waals surface area contributed by atoms with Crippen LogP contribution in [0.3, 0.4) is 0 Å². The minimum absolute atomic E-state index is 0. The lowest BCUT2D eigenvalue weighted by Gasteiger charge is -2.40. The summed E-state index contributed by atoms with van der Waals surface area (Å²) in [7, 11) is 0. The Balaban J connectivity index is 0.00000162. The SMILES string of the molecule is CC1(C)CCCN(C(=O)C2CCCC(N)C2)C1.Cl. The number of piperidine rings is 1. The van der Waals surface area contributed by atoms with Gasteiger partial charge in [-0.2, -0.15) is 0 Å². The van der Waals surface area contributed by atoms with E-state index in [1.807, 2.05) is 0 Å². The number of halogens is 1. The molecule has 0 aromatic rings. The Morgan fingerprint density at radius 2 is 2.00 bits per heavy atom. The number of hydrogen-bond acceptors (Lipinski definition) is 2. The third-order valence-electron chi connectivity index (χ3n) is 4.28. The van der Waals surface area contributed by atoms with Crippen molar-refractivity contribution in [2.24, 2.45) is 17.1 Å². The van der Waals surface area contributed by atoms with Crippen LogP contribution in [0.25, 0.3) is 0 Å². The molecule has 0 aromatic carbocycles. The molecule has 18 heavy (non-hydrogen) atoms. The van der Waals surface area contributed by atoms with Gasteiger partial charge < -0.3 is 10.6 Å². The van der Waals surface area contributed by atoms with E-state index in [1.165, 1.54) is 6.42 Å². The lowest BCUT2D eigenvalue weighted by atomic mass is 9.81. The first-order chi connectivity index (χ1) is 7.98. The highest BCUT2D eigenvalue weighted by Crippen LogP contribution is 2.31. The second-order valence-corrected chi connectivity index (χ2v) is 6.65. The Morgan fingerprint density at radius 1 is 1.28 bits per heavy atom. The van der Waals surface area contributed by atoms with Gasteiger partial charge in [0, 0.05) is 25.0 Å². The van der Waals surface area contributed by atoms with Crippen molar-refractivity contribution in [3.63, 3.8) is 0 Å². The Morgan fingerprint density at radius 3 is 2.61 bits per heavy atom. The first kappa shape index (κ1) is 15.8. The van der Waals surface area contributed by atoms with Crippen LogP contribution in [-0.4, -0.2) is 29.9 Å². The van der Waals surface area contributed by atoms with Gasteiger partial charge in [0.1, 0.15) is 0 Å². The Labute approximate surface area is 117 Å². The van der Waals surface area contributed by atoms with Crippen LogP contribution in [0.4, 0.5) is 0 Å². The Bertz CT molecular complexity index is 294. The molecule has 1 aliphatic heterocycles. The topological polar surface area (TPSA) is 46.3 Å². The van der Waals surface area contributed by atoms with Crippen LogP contribution in [0.1, 0.15) is 52.4 Å². The van der Waals surface area contributed by atoms with Crippen LogP contribution in [0.15, 0.2) is 0 Å². The van der Waals surface area contributed by atoms with Crippen LogP contribution < -0.4 is 5.73 Å². The summed E-state index contributed by atoms with van der Waals surface area (Å²) in [5, 5.41) is 0. The molecule has 3 nitrogen and oxygen atoms in total. The maximum atomic E-state index is 12.5. The van der Waals surface area contributed by atoms with E-state index in [0.29, 0.717) is 11.3 Å². The van der Waals surface area contributed by atoms with Gasteiger partial charge in [0.2, 0.25) is 5.91 Å². The summed E-state index contributed by atoms with van der Waals surface area (Å²) in [6.07, 6.45) is 6.54. The first-order valence-electron chi connectivity index (χ1n) is 7.02. The minimum atomic E-state index is 0. The van der Waals surface area contributed by atoms with Gasteiger partial charge in [-0.1, -0.05) is 20.3 Å². The number of amides is 1. The van der Waals surface area contributed by atoms with E-state index in [2.05, 4.69) is 18.7 Å². The molecule has 2 rings (SSSR count). The number of nitrogens with two attached hydrogens (primary N) is 1. The molecular weight excluding hydrogens is 248 g/mol. The molecule has 2 N–H and O–H groups in total. The molecule has 1 saturated heterocycles. The quantitative estimate of drug-likeness (QED) is 0.799. The molecule has 106 valence electrons. The number of carbonyl (C=O) groups excluding carboxylic acids is 1. The summed E-state index contributed by atoms with van der Waals surface area (Å²) in [5.74, 6) is 0.570. The van der Waals surface area contributed by atoms with Gasteiger partial charge in [-0.25, -0.2) is 0 Å². The van der Waals surface area contributed by atoms with Crippen LogP contribution in [0.2, 0.25) is 0 Å². The average molecular weight is 275 g/mol. The molecule has 2 atom stereocenters. The average Bonchev–Trinajstić information content (AvgIpc) is 2.26. The van der Waals surface area contributed by atoms with Gasteiger partial charge >= 0.3 is 0 Å². The second kappa shape index (κ2) is 6.25. The van der Waals surface area contributed by atoms with E-state index >= 15 is 0 Å². The highest BCUT2D eigenvalue weighted by molar-refractivity contribution is 5.85. The molecule has 0 aromatic heterocycles. The van der Waals surface area contributed by atoms with E-state index in [-0.39, 0.29) is 24.4 Å². The summed E-state index contributed by atoms with van der Waals surface area (Å²) in [4.78, 5) is 14.5. The zero-order valence-electron chi connectivity index (χ0n) is 11.7. The molecule has 4 heteroatoms. The van der Waals surface area contributed by atoms with Gasteiger partial charge in [0.25, 0.3) is 0 Å². The van der Waals surface area contributed by atoms with Gasteiger partial charge in [0.15, 0.2) is 0 Å². The fraction of sp³-hybridized carbons (Fsp3) is 0.929. The van der Waals surface area contributed by atoms with Crippen LogP contribution in [0.5, 0.6) is 0 Å². The number of hydrogen-bond donors (Lipinski definition) is 1. The van der Waals surface area contributed by atoms with E-state index in [4.69, 9.17) is 5.73 Å². The molecule has 2 fully saturated rings. The lowest BCUT2D eigenvalue weighted by molar-refractivity contribution is -0.139. The number of nitrogens with zero attached hydrogens (tertiary/aromatic N) is 1. The standard InChI is InChI=1S/C14H26N2O.ClH/c1-14(2)7-4-8-16(10-14)13(17)11-5-3-6-12(15)9-11;/h11-12H,3-10,15H2,1-2H3;1H. The number of carbonyl (C=O) groups is 1. The van der Waals surface area contributed by atoms with E-state index < -0.39 is 0 Å². The van der Waals surface area contributed by atoms with Crippen molar-refractivity contribution in [1.29, 1.82) is 0 Å². The number of likely N-dealkylation sites (tertiary alicyclic amines) is 1. The molecule has 0 spiro atoms. The van der Waals surface area contributed by atoms with Crippen molar-refractivity contribution in [2.45, 2.75) is 58.4 Å². The zero-order valence-corrected chi connectivity index (χ0v) is 12.5. The van der Waals surface area contributed by atoms with Crippen LogP contribution >= 0.6 is 12.4 Å². The summed E-state index contributed by atoms with van der Waals surface area (Å²) in [6.45, 7) is 6.41. The molecule has 1 aliphatic carbocycles. The van der Waals surface area contributed by atoms with Crippen LogP contribution in [0, 0.1) is 11.3 Å². The monoisotopic (exact) mass is 274 g/mol. The van der Waals surface area contributed by atoms with Gasteiger partial charge in [-0.15, -0.1) is 12.4 Å². The molecule has 1 heterocycles. The predicted octanol–water partition coefficient (Wildman–Crippen LogP) is 2.57. The summed E-state index contributed by atoms with van der Waals surface area (Å²) >= 11 is 0. The molecule has 2 unspecified atom stereocenters. The van der Waals surface area contributed by atoms with Crippen molar-refractivity contribution < 1.29 is 4.79 Å². The fourth-order valence-corrected chi connectivity index (χ4v) is 3.32. The predicted molar refractivity (Wildman–Crippen MR) is 76.8 cm³/mol. The highest BCUT2D eigenvalue weighted by Gasteiger charge is 2.34. The summed E-state index contributed by atoms with van der Waals surface area (Å²) in [6, 6.07) is 0.246. The van der Waals surface area contributed by atoms with Crippen molar-refractivity contribution in [3.8, 4) is 0 Å². The van der Waals surface area contributed by atoms with Crippen molar-refractivity contribution in [3.05, 3.63) is 0 Å². The molecule has 2 aliphatic rings. The normalized spacial score (nSPS) is 31.6. The molecule has 0 radical (unpaired) electrons. The smallest absolute Gasteiger partial charge is 0.225 e. The second-order valence-electron chi connectivity index (χ2n) is 6.65. The molecular formula is C14H27ClN2O. The van der Waals surface area contributed by atoms with Gasteiger partial charge in [-0.05, 0) is 37.5 Å².